The van der Waals surface area contributed by atoms with Crippen LogP contribution in [-0.4, -0.2) is 46.4 Å². The number of anilines is 1. The first kappa shape index (κ1) is 15.1. The molecule has 0 fully saturated rings. The Morgan fingerprint density at radius 1 is 1.57 bits per heavy atom. The van der Waals surface area contributed by atoms with E-state index in [2.05, 4.69) is 20.8 Å². The molecular formula is C14H18N6O3. The molecular weight excluding hydrogens is 300 g/mol. The van der Waals surface area contributed by atoms with E-state index in [1.54, 1.807) is 7.11 Å². The fraction of sp³-hybridized carbons (Fsp3) is 0.429. The summed E-state index contributed by atoms with van der Waals surface area (Å²) < 4.78 is 12.3. The van der Waals surface area contributed by atoms with Gasteiger partial charge >= 0.3 is 0 Å². The molecule has 3 rings (SSSR count). The summed E-state index contributed by atoms with van der Waals surface area (Å²) in [6.07, 6.45) is 0.819. The molecule has 0 saturated heterocycles. The number of nitrogens with two attached hydrogens (primary N) is 1. The number of benzene rings is 1. The zero-order chi connectivity index (χ0) is 16.2. The summed E-state index contributed by atoms with van der Waals surface area (Å²) in [5.41, 5.74) is 6.61. The van der Waals surface area contributed by atoms with E-state index >= 15 is 0 Å². The van der Waals surface area contributed by atoms with Gasteiger partial charge in [0.15, 0.2) is 11.5 Å². The van der Waals surface area contributed by atoms with Crippen molar-refractivity contribution in [2.24, 2.45) is 5.92 Å². The molecule has 0 unspecified atom stereocenters. The summed E-state index contributed by atoms with van der Waals surface area (Å²) in [5.74, 6) is 1.64. The summed E-state index contributed by atoms with van der Waals surface area (Å²) in [4.78, 5) is 11.9. The molecule has 1 aromatic carbocycles. The van der Waals surface area contributed by atoms with Gasteiger partial charge in [0.2, 0.25) is 11.9 Å². The summed E-state index contributed by atoms with van der Waals surface area (Å²) in [5, 5.41) is 13.4. The lowest BCUT2D eigenvalue weighted by atomic mass is 9.96. The number of fused-ring (bicyclic) bond motifs is 1. The number of ether oxygens (including phenoxy) is 2. The molecule has 2 aromatic rings. The van der Waals surface area contributed by atoms with Crippen LogP contribution in [0.25, 0.3) is 0 Å². The van der Waals surface area contributed by atoms with E-state index in [1.165, 1.54) is 4.68 Å². The average molecular weight is 318 g/mol. The number of nitrogens with zero attached hydrogens (tertiary/aromatic N) is 4. The van der Waals surface area contributed by atoms with Crippen LogP contribution in [0, 0.1) is 5.92 Å². The molecule has 0 aliphatic carbocycles. The first-order valence-electron chi connectivity index (χ1n) is 7.24. The van der Waals surface area contributed by atoms with Gasteiger partial charge in [-0.25, -0.2) is 4.68 Å². The third kappa shape index (κ3) is 3.33. The van der Waals surface area contributed by atoms with Crippen molar-refractivity contribution in [1.29, 1.82) is 0 Å². The van der Waals surface area contributed by atoms with Crippen molar-refractivity contribution in [3.63, 3.8) is 0 Å². The molecule has 1 atom stereocenters. The zero-order valence-electron chi connectivity index (χ0n) is 12.7. The molecule has 9 nitrogen and oxygen atoms in total. The summed E-state index contributed by atoms with van der Waals surface area (Å²) in [7, 11) is 1.62. The SMILES string of the molecule is COc1cccc2c1OC[C@@H](CNC(=O)Cn1nnnc1N)C2. The van der Waals surface area contributed by atoms with Crippen LogP contribution in [0.15, 0.2) is 18.2 Å². The number of hydrogen-bond acceptors (Lipinski definition) is 7. The van der Waals surface area contributed by atoms with Crippen molar-refractivity contribution in [2.45, 2.75) is 13.0 Å². The van der Waals surface area contributed by atoms with E-state index < -0.39 is 0 Å². The highest BCUT2D eigenvalue weighted by molar-refractivity contribution is 5.75. The van der Waals surface area contributed by atoms with Crippen molar-refractivity contribution in [3.8, 4) is 11.5 Å². The number of methoxy groups -OCH3 is 1. The third-order valence-electron chi connectivity index (χ3n) is 3.69. The van der Waals surface area contributed by atoms with Crippen LogP contribution < -0.4 is 20.5 Å². The van der Waals surface area contributed by atoms with E-state index in [4.69, 9.17) is 15.2 Å². The predicted molar refractivity (Wildman–Crippen MR) is 80.9 cm³/mol. The number of nitrogen functional groups attached to an aromatic ring is 1. The Morgan fingerprint density at radius 3 is 3.17 bits per heavy atom. The summed E-state index contributed by atoms with van der Waals surface area (Å²) >= 11 is 0. The number of carbonyl (C=O) groups excluding carboxylic acids is 1. The predicted octanol–water partition coefficient (Wildman–Crippen LogP) is -0.369. The lowest BCUT2D eigenvalue weighted by molar-refractivity contribution is -0.122. The summed E-state index contributed by atoms with van der Waals surface area (Å²) in [6, 6.07) is 5.81. The highest BCUT2D eigenvalue weighted by atomic mass is 16.5. The molecule has 0 bridgehead atoms. The molecule has 0 radical (unpaired) electrons. The maximum Gasteiger partial charge on any atom is 0.241 e. The van der Waals surface area contributed by atoms with Crippen LogP contribution in [0.5, 0.6) is 11.5 Å². The maximum atomic E-state index is 11.9. The minimum Gasteiger partial charge on any atom is -0.493 e. The number of hydrogen-bond donors (Lipinski definition) is 2. The largest absolute Gasteiger partial charge is 0.493 e. The molecule has 9 heteroatoms. The molecule has 0 spiro atoms. The standard InChI is InChI=1S/C14H18N6O3/c1-22-11-4-2-3-10-5-9(8-23-13(10)11)6-16-12(21)7-20-14(15)17-18-19-20/h2-4,9H,5-8H2,1H3,(H,16,21)(H2,15,17,19)/t9-/m1/s1. The monoisotopic (exact) mass is 318 g/mol. The van der Waals surface area contributed by atoms with E-state index in [9.17, 15) is 4.79 Å². The first-order valence-corrected chi connectivity index (χ1v) is 7.24. The molecule has 122 valence electrons. The third-order valence-corrected chi connectivity index (χ3v) is 3.69. The van der Waals surface area contributed by atoms with Crippen LogP contribution in [0.2, 0.25) is 0 Å². The van der Waals surface area contributed by atoms with Gasteiger partial charge < -0.3 is 20.5 Å². The van der Waals surface area contributed by atoms with E-state index in [1.807, 2.05) is 18.2 Å². The molecule has 1 aromatic heterocycles. The highest BCUT2D eigenvalue weighted by Gasteiger charge is 2.23. The minimum absolute atomic E-state index is 0.00315. The van der Waals surface area contributed by atoms with Crippen molar-refractivity contribution < 1.29 is 14.3 Å². The molecule has 1 aliphatic heterocycles. The van der Waals surface area contributed by atoms with Crippen LogP contribution in [-0.2, 0) is 17.8 Å². The highest BCUT2D eigenvalue weighted by Crippen LogP contribution is 2.35. The normalized spacial score (nSPS) is 16.3. The van der Waals surface area contributed by atoms with Gasteiger partial charge in [0, 0.05) is 12.5 Å². The number of aromatic nitrogens is 4. The van der Waals surface area contributed by atoms with Crippen molar-refractivity contribution in [2.75, 3.05) is 26.0 Å². The molecule has 1 aliphatic rings. The van der Waals surface area contributed by atoms with E-state index in [0.29, 0.717) is 13.2 Å². The first-order chi connectivity index (χ1) is 11.2. The van der Waals surface area contributed by atoms with Gasteiger partial charge in [0.1, 0.15) is 6.54 Å². The Kier molecular flexibility index (Phi) is 4.26. The average Bonchev–Trinajstić information content (AvgIpc) is 2.97. The van der Waals surface area contributed by atoms with Crippen LogP contribution in [0.4, 0.5) is 5.95 Å². The fourth-order valence-corrected chi connectivity index (χ4v) is 2.52. The lowest BCUT2D eigenvalue weighted by Crippen LogP contribution is -2.36. The molecule has 1 amide bonds. The number of carbonyl (C=O) groups is 1. The lowest BCUT2D eigenvalue weighted by Gasteiger charge is -2.26. The van der Waals surface area contributed by atoms with Gasteiger partial charge in [-0.15, -0.1) is 0 Å². The van der Waals surface area contributed by atoms with Crippen molar-refractivity contribution >= 4 is 11.9 Å². The fourth-order valence-electron chi connectivity index (χ4n) is 2.52. The van der Waals surface area contributed by atoms with Crippen LogP contribution >= 0.6 is 0 Å². The van der Waals surface area contributed by atoms with Gasteiger partial charge in [0.05, 0.1) is 13.7 Å². The van der Waals surface area contributed by atoms with Crippen LogP contribution in [0.3, 0.4) is 0 Å². The van der Waals surface area contributed by atoms with E-state index in [-0.39, 0.29) is 24.3 Å². The van der Waals surface area contributed by atoms with Crippen molar-refractivity contribution in [3.05, 3.63) is 23.8 Å². The van der Waals surface area contributed by atoms with Gasteiger partial charge in [-0.2, -0.15) is 0 Å². The smallest absolute Gasteiger partial charge is 0.241 e. The number of rotatable bonds is 5. The maximum absolute atomic E-state index is 11.9. The molecule has 2 heterocycles. The minimum atomic E-state index is -0.194. The van der Waals surface area contributed by atoms with Gasteiger partial charge in [-0.05, 0) is 28.5 Å². The number of para-hydroxylation sites is 1. The Hall–Kier alpha value is -2.84. The second-order valence-electron chi connectivity index (χ2n) is 5.33. The topological polar surface area (TPSA) is 117 Å². The quantitative estimate of drug-likeness (QED) is 0.772. The molecule has 0 saturated carbocycles. The van der Waals surface area contributed by atoms with Gasteiger partial charge in [0.25, 0.3) is 0 Å². The number of amides is 1. The second-order valence-corrected chi connectivity index (χ2v) is 5.33. The van der Waals surface area contributed by atoms with Gasteiger partial charge in [-0.1, -0.05) is 17.2 Å². The summed E-state index contributed by atoms with van der Waals surface area (Å²) in [6.45, 7) is 1.04. The molecule has 3 N–H and O–H groups in total. The van der Waals surface area contributed by atoms with Crippen molar-refractivity contribution in [1.82, 2.24) is 25.5 Å². The Balaban J connectivity index is 1.54. The van der Waals surface area contributed by atoms with Crippen LogP contribution in [0.1, 0.15) is 5.56 Å². The Labute approximate surface area is 132 Å². The van der Waals surface area contributed by atoms with Gasteiger partial charge in [-0.3, -0.25) is 4.79 Å². The Bertz CT molecular complexity index is 702. The Morgan fingerprint density at radius 2 is 2.43 bits per heavy atom. The second kappa shape index (κ2) is 6.51. The number of tetrazole rings is 1. The molecule has 23 heavy (non-hydrogen) atoms. The van der Waals surface area contributed by atoms with E-state index in [0.717, 1.165) is 23.5 Å². The number of nitrogens with one attached hydrogen (secondary N) is 1. The zero-order valence-corrected chi connectivity index (χ0v) is 12.7.